The molecule has 3 radical (unpaired) electrons. The predicted molar refractivity (Wildman–Crippen MR) is 19.4 cm³/mol. The molecule has 0 unspecified atom stereocenters. The van der Waals surface area contributed by atoms with Gasteiger partial charge in [0.1, 0.15) is 0 Å². The molecule has 0 amide bonds. The fourth-order valence-corrected chi connectivity index (χ4v) is 0. The van der Waals surface area contributed by atoms with Gasteiger partial charge in [-0.2, -0.15) is 0 Å². The Bertz CT molecular complexity index is 14.4. The molecule has 0 heterocycles. The third-order valence-electron chi connectivity index (χ3n) is 0. The first-order valence-electron chi connectivity index (χ1n) is 1.15. The van der Waals surface area contributed by atoms with E-state index in [2.05, 4.69) is 0 Å². The molecule has 23 valence electrons. The summed E-state index contributed by atoms with van der Waals surface area (Å²) >= 11 is 0. The second-order valence-corrected chi connectivity index (χ2v) is 0.964. The van der Waals surface area contributed by atoms with Crippen LogP contribution in [-0.4, -0.2) is 26.9 Å². The van der Waals surface area contributed by atoms with Gasteiger partial charge in [-0.3, -0.25) is 0 Å². The van der Waals surface area contributed by atoms with Gasteiger partial charge in [0.05, 0.1) is 0 Å². The molecular weight excluding hydrogens is 71.8 g/mol. The van der Waals surface area contributed by atoms with Crippen molar-refractivity contribution < 1.29 is 29.6 Å². The maximum atomic E-state index is 4.94. The Kier molecular flexibility index (Phi) is 9.44. The molecule has 0 bridgehead atoms. The molecule has 3 heteroatoms. The van der Waals surface area contributed by atoms with Crippen LogP contribution in [0, 0.1) is 0 Å². The van der Waals surface area contributed by atoms with Crippen molar-refractivity contribution in [1.29, 1.82) is 0 Å². The first-order chi connectivity index (χ1) is 1.73. The maximum absolute atomic E-state index is 4.94. The Balaban J connectivity index is 0. The summed E-state index contributed by atoms with van der Waals surface area (Å²) in [5.41, 5.74) is 0. The van der Waals surface area contributed by atoms with Crippen LogP contribution in [0.3, 0.4) is 0 Å². The fourth-order valence-electron chi connectivity index (χ4n) is 0. The van der Waals surface area contributed by atoms with E-state index < -0.39 is 0 Å². The van der Waals surface area contributed by atoms with Gasteiger partial charge in [0, 0.05) is 0 Å². The number of rotatable bonds is 0. The van der Waals surface area contributed by atoms with Gasteiger partial charge in [0.25, 0.3) is 0 Å². The van der Waals surface area contributed by atoms with Crippen LogP contribution < -0.4 is 29.6 Å². The zero-order valence-electron chi connectivity index (χ0n) is 4.02. The number of hydrogen-bond acceptors (Lipinski definition) is 1. The second-order valence-electron chi connectivity index (χ2n) is 0.964. The number of hydrogen-bond donors (Lipinski definition) is 0. The molecule has 5 heavy (non-hydrogen) atoms. The molecule has 0 rings (SSSR count). The van der Waals surface area contributed by atoms with Gasteiger partial charge in [-0.05, 0) is 0 Å². The van der Waals surface area contributed by atoms with Crippen molar-refractivity contribution in [2.75, 3.05) is 14.1 Å². The molecule has 0 aromatic carbocycles. The monoisotopic (exact) mass is 78.0 g/mol. The van der Waals surface area contributed by atoms with Gasteiger partial charge in [-0.1, -0.05) is 14.1 Å². The summed E-state index contributed by atoms with van der Waals surface area (Å²) < 4.78 is 0. The molecule has 0 aliphatic rings. The largest absolute Gasteiger partial charge is 1.00 e. The van der Waals surface area contributed by atoms with E-state index in [4.69, 9.17) is 7.98 Å². The summed E-state index contributed by atoms with van der Waals surface area (Å²) in [6, 6.07) is 0. The van der Waals surface area contributed by atoms with E-state index >= 15 is 0 Å². The van der Waals surface area contributed by atoms with Gasteiger partial charge in [-0.25, -0.2) is 0 Å². The van der Waals surface area contributed by atoms with Crippen molar-refractivity contribution in [3.05, 3.63) is 0 Å². The maximum Gasteiger partial charge on any atom is 1.00 e. The van der Waals surface area contributed by atoms with Crippen molar-refractivity contribution in [2.24, 2.45) is 0 Å². The summed E-state index contributed by atoms with van der Waals surface area (Å²) in [5.74, 6) is 0. The van der Waals surface area contributed by atoms with Gasteiger partial charge in [0.15, 0.2) is 0 Å². The average Bonchev–Trinajstić information content (AvgIpc) is 0.811. The van der Waals surface area contributed by atoms with E-state index in [1.165, 1.54) is 4.81 Å². The molecule has 0 fully saturated rings. The first-order valence-corrected chi connectivity index (χ1v) is 1.15. The summed E-state index contributed by atoms with van der Waals surface area (Å²) in [6.45, 7) is 0. The summed E-state index contributed by atoms with van der Waals surface area (Å²) in [5, 5.41) is 0. The van der Waals surface area contributed by atoms with Crippen LogP contribution >= 0.6 is 0 Å². The summed E-state index contributed by atoms with van der Waals surface area (Å²) in [4.78, 5) is 1.50. The van der Waals surface area contributed by atoms with Crippen molar-refractivity contribution >= 4 is 7.98 Å². The van der Waals surface area contributed by atoms with Crippen LogP contribution in [0.25, 0.3) is 0 Å². The standard InChI is InChI=1S/C2H6BN.Na/c1-4(2)3;/h1-2H3;/q-1;+1. The molecule has 0 aromatic rings. The molecule has 0 N–H and O–H groups in total. The topological polar surface area (TPSA) is 3.24 Å². The van der Waals surface area contributed by atoms with Crippen LogP contribution in [0.5, 0.6) is 0 Å². The Labute approximate surface area is 56.5 Å². The van der Waals surface area contributed by atoms with E-state index in [1.807, 2.05) is 0 Å². The van der Waals surface area contributed by atoms with Crippen LogP contribution in [0.1, 0.15) is 0 Å². The van der Waals surface area contributed by atoms with Crippen molar-refractivity contribution in [2.45, 2.75) is 0 Å². The predicted octanol–water partition coefficient (Wildman–Crippen LogP) is -3.36. The van der Waals surface area contributed by atoms with Crippen LogP contribution in [0.15, 0.2) is 0 Å². The van der Waals surface area contributed by atoms with Gasteiger partial charge < -0.3 is 12.8 Å². The SMILES string of the molecule is [B-]N(C)C.[Na+]. The molecule has 0 spiro atoms. The van der Waals surface area contributed by atoms with E-state index in [0.717, 1.165) is 0 Å². The van der Waals surface area contributed by atoms with Crippen LogP contribution in [0.2, 0.25) is 0 Å². The third-order valence-corrected chi connectivity index (χ3v) is 0. The van der Waals surface area contributed by atoms with E-state index in [0.29, 0.717) is 0 Å². The van der Waals surface area contributed by atoms with E-state index in [9.17, 15) is 0 Å². The van der Waals surface area contributed by atoms with Gasteiger partial charge >= 0.3 is 29.6 Å². The van der Waals surface area contributed by atoms with E-state index in [1.54, 1.807) is 14.1 Å². The third kappa shape index (κ3) is 43.8. The fraction of sp³-hybridized carbons (Fsp3) is 1.00. The number of nitrogens with zero attached hydrogens (tertiary/aromatic N) is 1. The van der Waals surface area contributed by atoms with Crippen molar-refractivity contribution in [1.82, 2.24) is 4.81 Å². The molecule has 1 nitrogen and oxygen atoms in total. The molecular formula is C2H6BNNa. The molecule has 0 aliphatic heterocycles. The van der Waals surface area contributed by atoms with E-state index in [-0.39, 0.29) is 29.6 Å². The quantitative estimate of drug-likeness (QED) is 0.273. The first kappa shape index (κ1) is 9.39. The second kappa shape index (κ2) is 5.02. The minimum absolute atomic E-state index is 0. The van der Waals surface area contributed by atoms with Crippen molar-refractivity contribution in [3.63, 3.8) is 0 Å². The molecule has 0 saturated carbocycles. The normalized spacial score (nSPS) is 7.20. The van der Waals surface area contributed by atoms with Gasteiger partial charge in [-0.15, -0.1) is 0 Å². The Morgan fingerprint density at radius 1 is 1.40 bits per heavy atom. The minimum Gasteiger partial charge on any atom is -0.585 e. The average molecular weight is 77.9 g/mol. The Morgan fingerprint density at radius 3 is 1.40 bits per heavy atom. The minimum atomic E-state index is 0. The molecule has 0 saturated heterocycles. The van der Waals surface area contributed by atoms with Gasteiger partial charge in [0.2, 0.25) is 0 Å². The van der Waals surface area contributed by atoms with Crippen LogP contribution in [-0.2, 0) is 0 Å². The molecule has 0 aromatic heterocycles. The Hall–Kier alpha value is 1.02. The molecule has 0 aliphatic carbocycles. The summed E-state index contributed by atoms with van der Waals surface area (Å²) in [7, 11) is 8.50. The zero-order valence-corrected chi connectivity index (χ0v) is 6.02. The smallest absolute Gasteiger partial charge is 0.585 e. The molecule has 0 atom stereocenters. The van der Waals surface area contributed by atoms with Crippen LogP contribution in [0.4, 0.5) is 0 Å². The summed E-state index contributed by atoms with van der Waals surface area (Å²) in [6.07, 6.45) is 0. The zero-order chi connectivity index (χ0) is 3.58. The Morgan fingerprint density at radius 2 is 1.40 bits per heavy atom. The van der Waals surface area contributed by atoms with Crippen molar-refractivity contribution in [3.8, 4) is 0 Å².